The van der Waals surface area contributed by atoms with Crippen molar-refractivity contribution in [2.45, 2.75) is 37.4 Å². The molecule has 3 aromatic heterocycles. The zero-order valence-corrected chi connectivity index (χ0v) is 17.3. The zero-order chi connectivity index (χ0) is 21.4. The van der Waals surface area contributed by atoms with Crippen molar-refractivity contribution in [1.82, 2.24) is 34.5 Å². The van der Waals surface area contributed by atoms with E-state index < -0.39 is 16.9 Å². The summed E-state index contributed by atoms with van der Waals surface area (Å²) >= 11 is 0. The third-order valence-corrected chi connectivity index (χ3v) is 6.50. The molecule has 2 aliphatic heterocycles. The highest BCUT2D eigenvalue weighted by Gasteiger charge is 2.35. The van der Waals surface area contributed by atoms with Gasteiger partial charge in [-0.05, 0) is 38.8 Å². The summed E-state index contributed by atoms with van der Waals surface area (Å²) in [6.07, 6.45) is 9.45. The van der Waals surface area contributed by atoms with Crippen molar-refractivity contribution in [1.29, 1.82) is 0 Å². The van der Waals surface area contributed by atoms with Crippen molar-refractivity contribution in [3.8, 4) is 5.69 Å². The molecule has 0 atom stereocenters. The molecule has 0 bridgehead atoms. The molecule has 2 N–H and O–H groups in total. The second kappa shape index (κ2) is 8.01. The van der Waals surface area contributed by atoms with E-state index in [1.807, 2.05) is 4.68 Å². The fourth-order valence-corrected chi connectivity index (χ4v) is 4.79. The van der Waals surface area contributed by atoms with Crippen molar-refractivity contribution in [3.63, 3.8) is 0 Å². The van der Waals surface area contributed by atoms with Crippen LogP contribution in [-0.4, -0.2) is 67.6 Å². The van der Waals surface area contributed by atoms with Gasteiger partial charge >= 0.3 is 5.69 Å². The summed E-state index contributed by atoms with van der Waals surface area (Å²) < 4.78 is 18.4. The summed E-state index contributed by atoms with van der Waals surface area (Å²) in [7, 11) is 0. The topological polar surface area (TPSA) is 101 Å². The number of hydrogen-bond donors (Lipinski definition) is 2. The van der Waals surface area contributed by atoms with Gasteiger partial charge in [-0.15, -0.1) is 0 Å². The first-order valence-corrected chi connectivity index (χ1v) is 10.8. The lowest BCUT2D eigenvalue weighted by molar-refractivity contribution is 0.0464. The molecule has 31 heavy (non-hydrogen) atoms. The van der Waals surface area contributed by atoms with Crippen molar-refractivity contribution in [3.05, 3.63) is 51.7 Å². The fourth-order valence-electron chi connectivity index (χ4n) is 4.79. The van der Waals surface area contributed by atoms with Gasteiger partial charge in [0.1, 0.15) is 5.67 Å². The van der Waals surface area contributed by atoms with E-state index in [9.17, 15) is 9.59 Å². The molecule has 2 aliphatic rings. The van der Waals surface area contributed by atoms with E-state index in [1.54, 1.807) is 18.6 Å². The molecule has 0 radical (unpaired) electrons. The normalized spacial score (nSPS) is 20.3. The highest BCUT2D eigenvalue weighted by Crippen LogP contribution is 2.30. The molecule has 2 fully saturated rings. The highest BCUT2D eigenvalue weighted by atomic mass is 19.1. The summed E-state index contributed by atoms with van der Waals surface area (Å²) in [6, 6.07) is 1.50. The summed E-state index contributed by atoms with van der Waals surface area (Å²) in [5, 5.41) is 8.62. The molecule has 0 aliphatic carbocycles. The molecule has 5 heterocycles. The van der Waals surface area contributed by atoms with Crippen LogP contribution in [0.4, 0.5) is 4.39 Å². The third kappa shape index (κ3) is 3.92. The Morgan fingerprint density at radius 3 is 2.65 bits per heavy atom. The van der Waals surface area contributed by atoms with Crippen LogP contribution in [0, 0.1) is 0 Å². The number of nitrogens with one attached hydrogen (secondary N) is 2. The largest absolute Gasteiger partial charge is 0.332 e. The standard InChI is InChI=1S/C21H26FN7O2/c22-21(4-6-23-7-5-21)14-27-8-1-15(2-9-27)29-18-13-24-12-17(16(18)11-25-29)28-10-3-19(30)26-20(28)31/h3,10-13,15,23H,1-2,4-9,14H2,(H,26,30,31). The van der Waals surface area contributed by atoms with Gasteiger partial charge in [-0.1, -0.05) is 0 Å². The second-order valence-corrected chi connectivity index (χ2v) is 8.57. The Kier molecular flexibility index (Phi) is 5.19. The van der Waals surface area contributed by atoms with E-state index in [0.29, 0.717) is 25.1 Å². The van der Waals surface area contributed by atoms with Gasteiger partial charge in [-0.2, -0.15) is 5.10 Å². The number of aromatic nitrogens is 5. The number of aromatic amines is 1. The van der Waals surface area contributed by atoms with Gasteiger partial charge in [0.2, 0.25) is 0 Å². The van der Waals surface area contributed by atoms with Crippen molar-refractivity contribution >= 4 is 10.9 Å². The number of fused-ring (bicyclic) bond motifs is 1. The average molecular weight is 427 g/mol. The Bertz CT molecular complexity index is 1190. The lowest BCUT2D eigenvalue weighted by Crippen LogP contribution is -2.48. The molecule has 2 saturated heterocycles. The molecular formula is C21H26FN7O2. The first kappa shape index (κ1) is 20.1. The van der Waals surface area contributed by atoms with Crippen LogP contribution in [0.3, 0.4) is 0 Å². The number of rotatable bonds is 4. The predicted octanol–water partition coefficient (Wildman–Crippen LogP) is 0.999. The molecule has 0 amide bonds. The maximum atomic E-state index is 15.0. The minimum Gasteiger partial charge on any atom is -0.316 e. The Labute approximate surface area is 177 Å². The third-order valence-electron chi connectivity index (χ3n) is 6.50. The molecule has 0 spiro atoms. The van der Waals surface area contributed by atoms with E-state index in [1.165, 1.54) is 16.8 Å². The monoisotopic (exact) mass is 427 g/mol. The van der Waals surface area contributed by atoms with Crippen molar-refractivity contribution in [2.75, 3.05) is 32.7 Å². The predicted molar refractivity (Wildman–Crippen MR) is 114 cm³/mol. The van der Waals surface area contributed by atoms with Gasteiger partial charge in [0.25, 0.3) is 5.56 Å². The number of hydrogen-bond acceptors (Lipinski definition) is 6. The van der Waals surface area contributed by atoms with Crippen LogP contribution in [0.1, 0.15) is 31.7 Å². The fraction of sp³-hybridized carbons (Fsp3) is 0.524. The molecule has 10 heteroatoms. The average Bonchev–Trinajstić information content (AvgIpc) is 3.19. The van der Waals surface area contributed by atoms with Crippen LogP contribution in [0.5, 0.6) is 0 Å². The second-order valence-electron chi connectivity index (χ2n) is 8.57. The number of halogens is 1. The number of alkyl halides is 1. The van der Waals surface area contributed by atoms with Crippen molar-refractivity contribution < 1.29 is 4.39 Å². The molecule has 0 aromatic carbocycles. The summed E-state index contributed by atoms with van der Waals surface area (Å²) in [6.45, 7) is 3.66. The maximum absolute atomic E-state index is 15.0. The van der Waals surface area contributed by atoms with Crippen LogP contribution >= 0.6 is 0 Å². The lowest BCUT2D eigenvalue weighted by atomic mass is 9.92. The van der Waals surface area contributed by atoms with Gasteiger partial charge in [0, 0.05) is 37.3 Å². The van der Waals surface area contributed by atoms with Crippen LogP contribution in [-0.2, 0) is 0 Å². The molecule has 0 saturated carbocycles. The van der Waals surface area contributed by atoms with E-state index in [0.717, 1.165) is 49.9 Å². The van der Waals surface area contributed by atoms with Crippen molar-refractivity contribution in [2.24, 2.45) is 0 Å². The number of likely N-dealkylation sites (tertiary alicyclic amines) is 1. The Balaban J connectivity index is 1.35. The van der Waals surface area contributed by atoms with Gasteiger partial charge in [0.05, 0.1) is 35.8 Å². The Morgan fingerprint density at radius 2 is 1.90 bits per heavy atom. The van der Waals surface area contributed by atoms with Crippen LogP contribution < -0.4 is 16.6 Å². The maximum Gasteiger partial charge on any atom is 0.332 e. The van der Waals surface area contributed by atoms with Gasteiger partial charge < -0.3 is 10.2 Å². The van der Waals surface area contributed by atoms with E-state index in [-0.39, 0.29) is 6.04 Å². The van der Waals surface area contributed by atoms with Gasteiger partial charge in [0.15, 0.2) is 0 Å². The molecule has 9 nitrogen and oxygen atoms in total. The lowest BCUT2D eigenvalue weighted by Gasteiger charge is -2.38. The summed E-state index contributed by atoms with van der Waals surface area (Å²) in [5.41, 5.74) is -0.620. The van der Waals surface area contributed by atoms with Crippen LogP contribution in [0.2, 0.25) is 0 Å². The first-order valence-electron chi connectivity index (χ1n) is 10.8. The summed E-state index contributed by atoms with van der Waals surface area (Å²) in [5.74, 6) is 0. The molecular weight excluding hydrogens is 401 g/mol. The minimum absolute atomic E-state index is 0.196. The molecule has 0 unspecified atom stereocenters. The smallest absolute Gasteiger partial charge is 0.316 e. The minimum atomic E-state index is -1.08. The molecule has 3 aromatic rings. The number of pyridine rings is 1. The number of nitrogens with zero attached hydrogens (tertiary/aromatic N) is 5. The quantitative estimate of drug-likeness (QED) is 0.644. The summed E-state index contributed by atoms with van der Waals surface area (Å²) in [4.78, 5) is 32.4. The first-order chi connectivity index (χ1) is 15.0. The number of H-pyrrole nitrogens is 1. The number of piperidine rings is 2. The highest BCUT2D eigenvalue weighted by molar-refractivity contribution is 5.86. The van der Waals surface area contributed by atoms with Gasteiger partial charge in [-0.25, -0.2) is 9.18 Å². The van der Waals surface area contributed by atoms with E-state index in [4.69, 9.17) is 0 Å². The zero-order valence-electron chi connectivity index (χ0n) is 17.3. The van der Waals surface area contributed by atoms with Crippen LogP contribution in [0.15, 0.2) is 40.4 Å². The van der Waals surface area contributed by atoms with Crippen LogP contribution in [0.25, 0.3) is 16.6 Å². The van der Waals surface area contributed by atoms with E-state index in [2.05, 4.69) is 25.3 Å². The van der Waals surface area contributed by atoms with E-state index >= 15 is 4.39 Å². The Hall–Kier alpha value is -2.85. The molecule has 164 valence electrons. The SMILES string of the molecule is O=c1ccn(-c2cncc3c2cnn3C2CCN(CC3(F)CCNCC3)CC2)c(=O)[nH]1. The molecule has 5 rings (SSSR count). The Morgan fingerprint density at radius 1 is 1.13 bits per heavy atom. The van der Waals surface area contributed by atoms with Gasteiger partial charge in [-0.3, -0.25) is 24.0 Å².